The van der Waals surface area contributed by atoms with Crippen LogP contribution in [-0.4, -0.2) is 12.2 Å². The summed E-state index contributed by atoms with van der Waals surface area (Å²) in [4.78, 5) is 0. The number of methoxy groups -OCH3 is 1. The van der Waals surface area contributed by atoms with E-state index in [4.69, 9.17) is 4.74 Å². The molecule has 0 spiro atoms. The summed E-state index contributed by atoms with van der Waals surface area (Å²) in [7, 11) is 1.77. The Morgan fingerprint density at radius 3 is 2.79 bits per heavy atom. The number of rotatable bonds is 2. The summed E-state index contributed by atoms with van der Waals surface area (Å²) in [6.07, 6.45) is 9.45. The van der Waals surface area contributed by atoms with Gasteiger partial charge < -0.3 is 15.2 Å². The van der Waals surface area contributed by atoms with Gasteiger partial charge in [0.05, 0.1) is 18.8 Å². The van der Waals surface area contributed by atoms with Gasteiger partial charge in [0, 0.05) is 11.1 Å². The Balaban J connectivity index is 1.49. The molecule has 0 amide bonds. The highest BCUT2D eigenvalue weighted by molar-refractivity contribution is 5.79. The molecule has 0 bridgehead atoms. The zero-order chi connectivity index (χ0) is 19.8. The van der Waals surface area contributed by atoms with E-state index < -0.39 is 0 Å². The Morgan fingerprint density at radius 2 is 1.97 bits per heavy atom. The van der Waals surface area contributed by atoms with Crippen LogP contribution in [0.4, 0.5) is 5.69 Å². The van der Waals surface area contributed by atoms with E-state index in [0.717, 1.165) is 28.8 Å². The normalized spacial score (nSPS) is 34.1. The van der Waals surface area contributed by atoms with E-state index in [-0.39, 0.29) is 6.04 Å². The number of ether oxygens (including phenoxy) is 1. The average Bonchev–Trinajstić information content (AvgIpc) is 3.10. The first-order valence-corrected chi connectivity index (χ1v) is 11.4. The number of fused-ring (bicyclic) bond motifs is 7. The van der Waals surface area contributed by atoms with Crippen molar-refractivity contribution in [1.82, 2.24) is 0 Å². The minimum atomic E-state index is 0.0747. The number of phenolic OH excluding ortho intramolecular Hbond substituents is 1. The van der Waals surface area contributed by atoms with Gasteiger partial charge in [-0.25, -0.2) is 0 Å². The smallest absolute Gasteiger partial charge is 0.142 e. The number of aryl methyl sites for hydroxylation is 1. The van der Waals surface area contributed by atoms with E-state index in [2.05, 4.69) is 24.4 Å². The number of hydrogen-bond acceptors (Lipinski definition) is 3. The molecule has 2 saturated carbocycles. The van der Waals surface area contributed by atoms with Gasteiger partial charge in [-0.05, 0) is 85.0 Å². The van der Waals surface area contributed by atoms with Crippen LogP contribution < -0.4 is 10.1 Å². The predicted octanol–water partition coefficient (Wildman–Crippen LogP) is 6.16. The maximum Gasteiger partial charge on any atom is 0.142 e. The standard InChI is InChI=1S/C26H31NO2/c1-26-12-5-7-19(26)16-10-9-15-14-21(29-2)25-23(22(15)17(16)11-13-26)24(27-25)18-6-3-4-8-20(18)28/h3-4,6,8,14,16-17,19,24,27-28H,5,7,9-13H2,1-2H3/t16-,17+,19+,24?,26+/m1/s1. The Hall–Kier alpha value is -2.16. The van der Waals surface area contributed by atoms with Crippen LogP contribution in [0, 0.1) is 17.3 Å². The summed E-state index contributed by atoms with van der Waals surface area (Å²) in [5.74, 6) is 3.73. The highest BCUT2D eigenvalue weighted by Crippen LogP contribution is 2.63. The fourth-order valence-corrected chi connectivity index (χ4v) is 7.47. The summed E-state index contributed by atoms with van der Waals surface area (Å²) in [5, 5.41) is 14.1. The van der Waals surface area contributed by atoms with Crippen molar-refractivity contribution >= 4 is 5.69 Å². The molecule has 3 heteroatoms. The van der Waals surface area contributed by atoms with E-state index in [9.17, 15) is 5.11 Å². The lowest BCUT2D eigenvalue weighted by molar-refractivity contribution is 0.0593. The first kappa shape index (κ1) is 17.7. The van der Waals surface area contributed by atoms with E-state index in [1.807, 2.05) is 12.1 Å². The van der Waals surface area contributed by atoms with Gasteiger partial charge in [0.2, 0.25) is 0 Å². The molecular weight excluding hydrogens is 358 g/mol. The Labute approximate surface area is 173 Å². The van der Waals surface area contributed by atoms with Crippen LogP contribution in [0.2, 0.25) is 0 Å². The minimum absolute atomic E-state index is 0.0747. The summed E-state index contributed by atoms with van der Waals surface area (Å²) >= 11 is 0. The minimum Gasteiger partial charge on any atom is -0.508 e. The number of para-hydroxylation sites is 1. The fraction of sp³-hybridized carbons (Fsp3) is 0.538. The van der Waals surface area contributed by atoms with Crippen molar-refractivity contribution in [3.8, 4) is 11.5 Å². The molecule has 2 N–H and O–H groups in total. The van der Waals surface area contributed by atoms with Gasteiger partial charge in [-0.3, -0.25) is 0 Å². The molecule has 152 valence electrons. The third kappa shape index (κ3) is 2.36. The maximum atomic E-state index is 10.5. The first-order valence-electron chi connectivity index (χ1n) is 11.4. The molecule has 2 aromatic carbocycles. The molecule has 4 aliphatic rings. The van der Waals surface area contributed by atoms with Crippen molar-refractivity contribution < 1.29 is 9.84 Å². The van der Waals surface area contributed by atoms with Crippen LogP contribution >= 0.6 is 0 Å². The van der Waals surface area contributed by atoms with Crippen LogP contribution in [0.1, 0.15) is 79.7 Å². The van der Waals surface area contributed by atoms with Crippen molar-refractivity contribution in [3.05, 3.63) is 52.6 Å². The Morgan fingerprint density at radius 1 is 1.10 bits per heavy atom. The van der Waals surface area contributed by atoms with Gasteiger partial charge in [-0.2, -0.15) is 0 Å². The van der Waals surface area contributed by atoms with E-state index in [0.29, 0.717) is 17.1 Å². The Kier molecular flexibility index (Phi) is 3.76. The topological polar surface area (TPSA) is 41.5 Å². The third-order valence-corrected chi connectivity index (χ3v) is 8.84. The van der Waals surface area contributed by atoms with Crippen molar-refractivity contribution in [2.45, 2.75) is 63.8 Å². The molecule has 6 rings (SSSR count). The lowest BCUT2D eigenvalue weighted by Gasteiger charge is -2.51. The number of nitrogens with one attached hydrogen (secondary N) is 1. The van der Waals surface area contributed by atoms with Gasteiger partial charge >= 0.3 is 0 Å². The molecular formula is C26H31NO2. The first-order chi connectivity index (χ1) is 14.1. The number of benzene rings is 2. The molecule has 0 radical (unpaired) electrons. The van der Waals surface area contributed by atoms with Crippen LogP contribution in [-0.2, 0) is 6.42 Å². The van der Waals surface area contributed by atoms with Gasteiger partial charge in [-0.1, -0.05) is 31.5 Å². The molecule has 2 fully saturated rings. The second-order valence-corrected chi connectivity index (χ2v) is 10.1. The summed E-state index contributed by atoms with van der Waals surface area (Å²) in [6, 6.07) is 10.1. The Bertz CT molecular complexity index is 983. The highest BCUT2D eigenvalue weighted by Gasteiger charge is 2.52. The maximum absolute atomic E-state index is 10.5. The highest BCUT2D eigenvalue weighted by atomic mass is 16.5. The second-order valence-electron chi connectivity index (χ2n) is 10.1. The van der Waals surface area contributed by atoms with Crippen molar-refractivity contribution in [2.24, 2.45) is 17.3 Å². The molecule has 0 saturated heterocycles. The summed E-state index contributed by atoms with van der Waals surface area (Å²) < 4.78 is 5.75. The number of aromatic hydroxyl groups is 1. The fourth-order valence-electron chi connectivity index (χ4n) is 7.47. The number of anilines is 1. The molecule has 1 aliphatic heterocycles. The molecule has 0 aromatic heterocycles. The lowest BCUT2D eigenvalue weighted by atomic mass is 9.55. The molecule has 5 atom stereocenters. The van der Waals surface area contributed by atoms with Crippen molar-refractivity contribution in [1.29, 1.82) is 0 Å². The van der Waals surface area contributed by atoms with Crippen LogP contribution in [0.5, 0.6) is 11.5 Å². The van der Waals surface area contributed by atoms with Crippen LogP contribution in [0.3, 0.4) is 0 Å². The van der Waals surface area contributed by atoms with Gasteiger partial charge in [-0.15, -0.1) is 0 Å². The van der Waals surface area contributed by atoms with E-state index in [1.165, 1.54) is 56.1 Å². The number of phenols is 1. The van der Waals surface area contributed by atoms with Crippen molar-refractivity contribution in [3.63, 3.8) is 0 Å². The van der Waals surface area contributed by atoms with Gasteiger partial charge in [0.1, 0.15) is 11.5 Å². The summed E-state index contributed by atoms with van der Waals surface area (Å²) in [6.45, 7) is 2.56. The molecule has 1 unspecified atom stereocenters. The zero-order valence-corrected chi connectivity index (χ0v) is 17.5. The molecule has 1 heterocycles. The SMILES string of the molecule is COc1cc2c(c3c1NC3c1ccccc1O)[C@H]1CC[C@]3(C)CCC[C@H]3[C@@H]1CC2. The lowest BCUT2D eigenvalue weighted by Crippen LogP contribution is -2.41. The zero-order valence-electron chi connectivity index (χ0n) is 17.5. The second kappa shape index (κ2) is 6.17. The summed E-state index contributed by atoms with van der Waals surface area (Å²) in [5.41, 5.74) is 7.20. The third-order valence-electron chi connectivity index (χ3n) is 8.84. The quantitative estimate of drug-likeness (QED) is 0.646. The largest absolute Gasteiger partial charge is 0.508 e. The monoisotopic (exact) mass is 389 g/mol. The molecule has 3 nitrogen and oxygen atoms in total. The van der Waals surface area contributed by atoms with Gasteiger partial charge in [0.15, 0.2) is 0 Å². The number of hydrogen-bond donors (Lipinski definition) is 2. The van der Waals surface area contributed by atoms with Crippen LogP contribution in [0.25, 0.3) is 0 Å². The molecule has 3 aliphatic carbocycles. The molecule has 29 heavy (non-hydrogen) atoms. The van der Waals surface area contributed by atoms with E-state index >= 15 is 0 Å². The average molecular weight is 390 g/mol. The van der Waals surface area contributed by atoms with Gasteiger partial charge in [0.25, 0.3) is 0 Å². The van der Waals surface area contributed by atoms with Crippen LogP contribution in [0.15, 0.2) is 30.3 Å². The predicted molar refractivity (Wildman–Crippen MR) is 116 cm³/mol. The van der Waals surface area contributed by atoms with Crippen molar-refractivity contribution in [2.75, 3.05) is 12.4 Å². The molecule has 2 aromatic rings. The van der Waals surface area contributed by atoms with E-state index in [1.54, 1.807) is 18.7 Å².